The van der Waals surface area contributed by atoms with Crippen LogP contribution < -0.4 is 0 Å². The predicted molar refractivity (Wildman–Crippen MR) is 95.5 cm³/mol. The summed E-state index contributed by atoms with van der Waals surface area (Å²) in [4.78, 5) is 19.2. The summed E-state index contributed by atoms with van der Waals surface area (Å²) in [5.41, 5.74) is 1.81. The highest BCUT2D eigenvalue weighted by atomic mass is 19.1. The fourth-order valence-electron chi connectivity index (χ4n) is 3.47. The van der Waals surface area contributed by atoms with Crippen molar-refractivity contribution in [3.63, 3.8) is 0 Å². The Labute approximate surface area is 151 Å². The van der Waals surface area contributed by atoms with Gasteiger partial charge in [0.15, 0.2) is 0 Å². The Morgan fingerprint density at radius 2 is 1.85 bits per heavy atom. The maximum atomic E-state index is 13.1. The molecule has 0 bridgehead atoms. The predicted octanol–water partition coefficient (Wildman–Crippen LogP) is 3.69. The highest BCUT2D eigenvalue weighted by molar-refractivity contribution is 5.91. The summed E-state index contributed by atoms with van der Waals surface area (Å²) in [6, 6.07) is 16.1. The minimum absolute atomic E-state index is 0.0572. The first-order chi connectivity index (χ1) is 12.6. The third-order valence-electron chi connectivity index (χ3n) is 4.73. The van der Waals surface area contributed by atoms with Gasteiger partial charge in [-0.05, 0) is 49.6 Å². The molecule has 0 spiro atoms. The number of amides is 1. The molecule has 26 heavy (non-hydrogen) atoms. The molecule has 0 N–H and O–H groups in total. The molecular formula is C20H19FN4O. The molecule has 0 saturated carbocycles. The zero-order valence-electron chi connectivity index (χ0n) is 14.5. The maximum absolute atomic E-state index is 13.1. The lowest BCUT2D eigenvalue weighted by molar-refractivity contribution is 0.0723. The molecule has 0 unspecified atom stereocenters. The standard InChI is InChI=1S/C20H19FN4O/c1-14-22-19(23-25(14)17-11-9-16(21)10-12-17)20(26)24-13-5-8-18(24)15-6-3-2-4-7-15/h2-4,6-7,9-12,18H,5,8,13H2,1H3/t18-/m1/s1. The number of aryl methyl sites for hydroxylation is 1. The summed E-state index contributed by atoms with van der Waals surface area (Å²) in [6.45, 7) is 2.48. The molecule has 1 aromatic heterocycles. The first kappa shape index (κ1) is 16.4. The summed E-state index contributed by atoms with van der Waals surface area (Å²) >= 11 is 0. The molecule has 1 amide bonds. The van der Waals surface area contributed by atoms with Crippen LogP contribution in [-0.2, 0) is 0 Å². The fraction of sp³-hybridized carbons (Fsp3) is 0.250. The van der Waals surface area contributed by atoms with E-state index in [2.05, 4.69) is 10.1 Å². The number of hydrogen-bond acceptors (Lipinski definition) is 3. The van der Waals surface area contributed by atoms with Crippen molar-refractivity contribution in [1.82, 2.24) is 19.7 Å². The summed E-state index contributed by atoms with van der Waals surface area (Å²) < 4.78 is 14.7. The quantitative estimate of drug-likeness (QED) is 0.724. The Morgan fingerprint density at radius 3 is 2.58 bits per heavy atom. The van der Waals surface area contributed by atoms with Gasteiger partial charge in [-0.2, -0.15) is 0 Å². The molecule has 6 heteroatoms. The van der Waals surface area contributed by atoms with Crippen LogP contribution in [-0.4, -0.2) is 32.1 Å². The van der Waals surface area contributed by atoms with Crippen LogP contribution in [0.4, 0.5) is 4.39 Å². The van der Waals surface area contributed by atoms with Gasteiger partial charge in [-0.15, -0.1) is 5.10 Å². The van der Waals surface area contributed by atoms with Gasteiger partial charge in [0.1, 0.15) is 11.6 Å². The average Bonchev–Trinajstić information content (AvgIpc) is 3.30. The van der Waals surface area contributed by atoms with Crippen LogP contribution >= 0.6 is 0 Å². The number of aromatic nitrogens is 3. The fourth-order valence-corrected chi connectivity index (χ4v) is 3.47. The average molecular weight is 350 g/mol. The number of carbonyl (C=O) groups is 1. The summed E-state index contributed by atoms with van der Waals surface area (Å²) in [7, 11) is 0. The van der Waals surface area contributed by atoms with E-state index in [1.165, 1.54) is 12.1 Å². The molecule has 0 radical (unpaired) electrons. The molecule has 1 aliphatic rings. The zero-order chi connectivity index (χ0) is 18.1. The van der Waals surface area contributed by atoms with E-state index in [9.17, 15) is 9.18 Å². The molecule has 1 saturated heterocycles. The van der Waals surface area contributed by atoms with E-state index in [0.29, 0.717) is 18.1 Å². The summed E-state index contributed by atoms with van der Waals surface area (Å²) in [6.07, 6.45) is 1.90. The second-order valence-electron chi connectivity index (χ2n) is 6.44. The first-order valence-electron chi connectivity index (χ1n) is 8.69. The van der Waals surface area contributed by atoms with Crippen LogP contribution in [0.1, 0.15) is 40.9 Å². The Hall–Kier alpha value is -3.02. The summed E-state index contributed by atoms with van der Waals surface area (Å²) in [5, 5.41) is 4.37. The van der Waals surface area contributed by atoms with Gasteiger partial charge in [-0.3, -0.25) is 4.79 Å². The lowest BCUT2D eigenvalue weighted by atomic mass is 10.0. The van der Waals surface area contributed by atoms with Gasteiger partial charge < -0.3 is 4.90 Å². The van der Waals surface area contributed by atoms with Gasteiger partial charge >= 0.3 is 0 Å². The van der Waals surface area contributed by atoms with Gasteiger partial charge in [0.25, 0.3) is 5.91 Å². The number of carbonyl (C=O) groups excluding carboxylic acids is 1. The van der Waals surface area contributed by atoms with Crippen molar-refractivity contribution in [3.05, 3.63) is 77.6 Å². The van der Waals surface area contributed by atoms with Crippen LogP contribution in [0.25, 0.3) is 5.69 Å². The highest BCUT2D eigenvalue weighted by Gasteiger charge is 2.32. The lowest BCUT2D eigenvalue weighted by Crippen LogP contribution is -2.31. The van der Waals surface area contributed by atoms with E-state index < -0.39 is 0 Å². The van der Waals surface area contributed by atoms with E-state index >= 15 is 0 Å². The Kier molecular flexibility index (Phi) is 4.24. The van der Waals surface area contributed by atoms with Crippen LogP contribution in [0.2, 0.25) is 0 Å². The van der Waals surface area contributed by atoms with Gasteiger partial charge in [-0.1, -0.05) is 30.3 Å². The first-order valence-corrected chi connectivity index (χ1v) is 8.69. The van der Waals surface area contributed by atoms with Crippen LogP contribution in [0.5, 0.6) is 0 Å². The van der Waals surface area contributed by atoms with Crippen molar-refractivity contribution in [1.29, 1.82) is 0 Å². The molecule has 132 valence electrons. The normalized spacial score (nSPS) is 16.8. The van der Waals surface area contributed by atoms with Crippen LogP contribution in [0.15, 0.2) is 54.6 Å². The minimum Gasteiger partial charge on any atom is -0.329 e. The van der Waals surface area contributed by atoms with Crippen molar-refractivity contribution in [2.75, 3.05) is 6.54 Å². The van der Waals surface area contributed by atoms with E-state index in [1.54, 1.807) is 23.7 Å². The van der Waals surface area contributed by atoms with Crippen molar-refractivity contribution < 1.29 is 9.18 Å². The van der Waals surface area contributed by atoms with Gasteiger partial charge in [0, 0.05) is 6.54 Å². The second-order valence-corrected chi connectivity index (χ2v) is 6.44. The third kappa shape index (κ3) is 2.98. The second kappa shape index (κ2) is 6.71. The summed E-state index contributed by atoms with van der Waals surface area (Å²) in [5.74, 6) is 0.288. The monoisotopic (exact) mass is 350 g/mol. The molecule has 1 fully saturated rings. The smallest absolute Gasteiger partial charge is 0.294 e. The zero-order valence-corrected chi connectivity index (χ0v) is 14.5. The SMILES string of the molecule is Cc1nc(C(=O)N2CCC[C@@H]2c2ccccc2)nn1-c1ccc(F)cc1. The van der Waals surface area contributed by atoms with Gasteiger partial charge in [0.05, 0.1) is 11.7 Å². The molecule has 4 rings (SSSR count). The lowest BCUT2D eigenvalue weighted by Gasteiger charge is -2.23. The molecule has 5 nitrogen and oxygen atoms in total. The van der Waals surface area contributed by atoms with E-state index in [0.717, 1.165) is 18.4 Å². The minimum atomic E-state index is -0.314. The Balaban J connectivity index is 1.62. The molecule has 1 aliphatic heterocycles. The molecule has 2 aromatic carbocycles. The molecule has 2 heterocycles. The number of benzene rings is 2. The van der Waals surface area contributed by atoms with E-state index in [4.69, 9.17) is 0 Å². The molecule has 0 aliphatic carbocycles. The number of halogens is 1. The Morgan fingerprint density at radius 1 is 1.12 bits per heavy atom. The van der Waals surface area contributed by atoms with E-state index in [1.807, 2.05) is 35.2 Å². The molecular weight excluding hydrogens is 331 g/mol. The van der Waals surface area contributed by atoms with Gasteiger partial charge in [-0.25, -0.2) is 14.1 Å². The van der Waals surface area contributed by atoms with Crippen molar-refractivity contribution >= 4 is 5.91 Å². The van der Waals surface area contributed by atoms with E-state index in [-0.39, 0.29) is 23.6 Å². The topological polar surface area (TPSA) is 51.0 Å². The number of nitrogens with zero attached hydrogens (tertiary/aromatic N) is 4. The third-order valence-corrected chi connectivity index (χ3v) is 4.73. The van der Waals surface area contributed by atoms with Crippen LogP contribution in [0, 0.1) is 12.7 Å². The van der Waals surface area contributed by atoms with Crippen molar-refractivity contribution in [2.24, 2.45) is 0 Å². The van der Waals surface area contributed by atoms with Crippen LogP contribution in [0.3, 0.4) is 0 Å². The number of rotatable bonds is 3. The van der Waals surface area contributed by atoms with Gasteiger partial charge in [0.2, 0.25) is 5.82 Å². The Bertz CT molecular complexity index is 921. The number of hydrogen-bond donors (Lipinski definition) is 0. The molecule has 3 aromatic rings. The highest BCUT2D eigenvalue weighted by Crippen LogP contribution is 2.32. The van der Waals surface area contributed by atoms with Crippen molar-refractivity contribution in [2.45, 2.75) is 25.8 Å². The maximum Gasteiger partial charge on any atom is 0.294 e. The largest absolute Gasteiger partial charge is 0.329 e. The van der Waals surface area contributed by atoms with Crippen molar-refractivity contribution in [3.8, 4) is 5.69 Å². The molecule has 1 atom stereocenters. The number of likely N-dealkylation sites (tertiary alicyclic amines) is 1.